The highest BCUT2D eigenvalue weighted by Crippen LogP contribution is 2.37. The molecule has 0 aromatic carbocycles. The first kappa shape index (κ1) is 11.5. The van der Waals surface area contributed by atoms with E-state index in [2.05, 4.69) is 16.9 Å². The minimum absolute atomic E-state index is 0.222. The molecule has 88 valence electrons. The third kappa shape index (κ3) is 2.25. The van der Waals surface area contributed by atoms with Crippen LogP contribution in [0.1, 0.15) is 24.8 Å². The number of piperidine rings is 1. The Morgan fingerprint density at radius 1 is 1.29 bits per heavy atom. The van der Waals surface area contributed by atoms with E-state index in [1.54, 1.807) is 18.5 Å². The molecule has 0 saturated carbocycles. The van der Waals surface area contributed by atoms with Crippen molar-refractivity contribution in [1.82, 2.24) is 10.3 Å². The Balaban J connectivity index is 2.41. The lowest BCUT2D eigenvalue weighted by Gasteiger charge is -2.35. The lowest BCUT2D eigenvalue weighted by Crippen LogP contribution is -2.46. The average molecular weight is 230 g/mol. The first-order valence-electron chi connectivity index (χ1n) is 5.50. The zero-order valence-corrected chi connectivity index (χ0v) is 9.48. The Bertz CT molecular complexity index is 438. The van der Waals surface area contributed by atoms with Crippen LogP contribution in [0.25, 0.3) is 0 Å². The Morgan fingerprint density at radius 2 is 1.88 bits per heavy atom. The van der Waals surface area contributed by atoms with Gasteiger partial charge in [0.25, 0.3) is 0 Å². The van der Waals surface area contributed by atoms with Gasteiger partial charge in [-0.25, -0.2) is 0 Å². The van der Waals surface area contributed by atoms with Crippen molar-refractivity contribution in [3.8, 4) is 0 Å². The summed E-state index contributed by atoms with van der Waals surface area (Å²) in [4.78, 5) is 27.1. The van der Waals surface area contributed by atoms with Crippen molar-refractivity contribution in [2.24, 2.45) is 0 Å². The Morgan fingerprint density at radius 3 is 2.41 bits per heavy atom. The van der Waals surface area contributed by atoms with Crippen LogP contribution in [0, 0.1) is 0 Å². The fraction of sp³-hybridized carbons (Fsp3) is 0.308. The van der Waals surface area contributed by atoms with Crippen LogP contribution in [0.5, 0.6) is 0 Å². The number of carbonyl (C=O) groups is 2. The standard InChI is InChI=1S/C13H14N2O2/c1-2-5-13(10-3-6-14-7-4-10)8-11(16)15-12(17)9-13/h2-4,6-7H,1,5,8-9H2,(H,15,16,17). The van der Waals surface area contributed by atoms with Crippen LogP contribution in [0.3, 0.4) is 0 Å². The predicted octanol–water partition coefficient (Wildman–Crippen LogP) is 1.33. The second kappa shape index (κ2) is 4.49. The van der Waals surface area contributed by atoms with E-state index in [1.807, 2.05) is 12.1 Å². The number of hydrogen-bond acceptors (Lipinski definition) is 3. The predicted molar refractivity (Wildman–Crippen MR) is 63.1 cm³/mol. The zero-order chi connectivity index (χ0) is 12.3. The molecule has 2 amide bonds. The van der Waals surface area contributed by atoms with Gasteiger partial charge in [-0.2, -0.15) is 0 Å². The minimum Gasteiger partial charge on any atom is -0.296 e. The molecule has 0 aliphatic carbocycles. The van der Waals surface area contributed by atoms with Crippen LogP contribution in [-0.2, 0) is 15.0 Å². The van der Waals surface area contributed by atoms with Crippen molar-refractivity contribution in [2.75, 3.05) is 0 Å². The molecule has 1 aromatic heterocycles. The molecule has 2 rings (SSSR count). The number of nitrogens with zero attached hydrogens (tertiary/aromatic N) is 1. The lowest BCUT2D eigenvalue weighted by molar-refractivity contribution is -0.135. The van der Waals surface area contributed by atoms with E-state index in [0.29, 0.717) is 19.3 Å². The number of carbonyl (C=O) groups excluding carboxylic acids is 2. The van der Waals surface area contributed by atoms with Gasteiger partial charge in [0.05, 0.1) is 0 Å². The molecule has 4 heteroatoms. The summed E-state index contributed by atoms with van der Waals surface area (Å²) in [5.41, 5.74) is 0.514. The number of allylic oxidation sites excluding steroid dienone is 1. The van der Waals surface area contributed by atoms with Crippen LogP contribution in [0.4, 0.5) is 0 Å². The topological polar surface area (TPSA) is 59.1 Å². The van der Waals surface area contributed by atoms with Crippen LogP contribution >= 0.6 is 0 Å². The number of aromatic nitrogens is 1. The largest absolute Gasteiger partial charge is 0.296 e. The van der Waals surface area contributed by atoms with E-state index < -0.39 is 5.41 Å². The van der Waals surface area contributed by atoms with Crippen LogP contribution in [0.15, 0.2) is 37.2 Å². The third-order valence-corrected chi connectivity index (χ3v) is 3.10. The summed E-state index contributed by atoms with van der Waals surface area (Å²) in [5.74, 6) is -0.445. The third-order valence-electron chi connectivity index (χ3n) is 3.10. The summed E-state index contributed by atoms with van der Waals surface area (Å²) in [6.07, 6.45) is 6.35. The molecule has 17 heavy (non-hydrogen) atoms. The molecule has 1 saturated heterocycles. The van der Waals surface area contributed by atoms with Gasteiger partial charge >= 0.3 is 0 Å². The summed E-state index contributed by atoms with van der Waals surface area (Å²) in [6.45, 7) is 3.72. The van der Waals surface area contributed by atoms with Crippen molar-refractivity contribution in [2.45, 2.75) is 24.7 Å². The quantitative estimate of drug-likeness (QED) is 0.629. The van der Waals surface area contributed by atoms with Crippen molar-refractivity contribution >= 4 is 11.8 Å². The zero-order valence-electron chi connectivity index (χ0n) is 9.48. The Hall–Kier alpha value is -1.97. The molecule has 1 N–H and O–H groups in total. The minimum atomic E-state index is -0.454. The van der Waals surface area contributed by atoms with Crippen LogP contribution in [-0.4, -0.2) is 16.8 Å². The van der Waals surface area contributed by atoms with Crippen LogP contribution < -0.4 is 5.32 Å². The molecule has 1 aliphatic heterocycles. The van der Waals surface area contributed by atoms with Gasteiger partial charge < -0.3 is 0 Å². The van der Waals surface area contributed by atoms with Gasteiger partial charge in [-0.05, 0) is 24.1 Å². The van der Waals surface area contributed by atoms with E-state index in [9.17, 15) is 9.59 Å². The number of rotatable bonds is 3. The van der Waals surface area contributed by atoms with Gasteiger partial charge in [0.2, 0.25) is 11.8 Å². The van der Waals surface area contributed by atoms with E-state index >= 15 is 0 Å². The molecule has 0 atom stereocenters. The van der Waals surface area contributed by atoms with Gasteiger partial charge in [-0.1, -0.05) is 6.08 Å². The molecule has 2 heterocycles. The second-order valence-corrected chi connectivity index (χ2v) is 4.33. The van der Waals surface area contributed by atoms with E-state index in [4.69, 9.17) is 0 Å². The summed E-state index contributed by atoms with van der Waals surface area (Å²) in [6, 6.07) is 3.71. The Labute approximate surface area is 99.7 Å². The van der Waals surface area contributed by atoms with Crippen molar-refractivity contribution in [1.29, 1.82) is 0 Å². The fourth-order valence-electron chi connectivity index (χ4n) is 2.37. The summed E-state index contributed by atoms with van der Waals surface area (Å²) in [5, 5.41) is 2.33. The van der Waals surface area contributed by atoms with E-state index in [0.717, 1.165) is 5.56 Å². The van der Waals surface area contributed by atoms with Crippen molar-refractivity contribution in [3.05, 3.63) is 42.7 Å². The average Bonchev–Trinajstić information content (AvgIpc) is 2.29. The lowest BCUT2D eigenvalue weighted by atomic mass is 9.70. The van der Waals surface area contributed by atoms with Gasteiger partial charge in [0.15, 0.2) is 0 Å². The maximum atomic E-state index is 11.6. The molecule has 1 aromatic rings. The first-order valence-corrected chi connectivity index (χ1v) is 5.50. The molecule has 0 unspecified atom stereocenters. The van der Waals surface area contributed by atoms with Crippen molar-refractivity contribution < 1.29 is 9.59 Å². The van der Waals surface area contributed by atoms with E-state index in [-0.39, 0.29) is 11.8 Å². The fourth-order valence-corrected chi connectivity index (χ4v) is 2.37. The van der Waals surface area contributed by atoms with Crippen LogP contribution in [0.2, 0.25) is 0 Å². The maximum absolute atomic E-state index is 11.6. The number of imide groups is 1. The summed E-state index contributed by atoms with van der Waals surface area (Å²) < 4.78 is 0. The SMILES string of the molecule is C=CCC1(c2ccncc2)CC(=O)NC(=O)C1. The maximum Gasteiger partial charge on any atom is 0.227 e. The number of nitrogens with one attached hydrogen (secondary N) is 1. The molecule has 1 fully saturated rings. The summed E-state index contributed by atoms with van der Waals surface area (Å²) in [7, 11) is 0. The highest BCUT2D eigenvalue weighted by Gasteiger charge is 2.40. The normalized spacial score (nSPS) is 18.6. The number of pyridine rings is 1. The molecule has 0 bridgehead atoms. The second-order valence-electron chi connectivity index (χ2n) is 4.33. The first-order chi connectivity index (χ1) is 8.16. The van der Waals surface area contributed by atoms with Gasteiger partial charge in [0, 0.05) is 30.7 Å². The number of hydrogen-bond donors (Lipinski definition) is 1. The highest BCUT2D eigenvalue weighted by atomic mass is 16.2. The monoisotopic (exact) mass is 230 g/mol. The molecule has 1 aliphatic rings. The smallest absolute Gasteiger partial charge is 0.227 e. The Kier molecular flexibility index (Phi) is 3.04. The highest BCUT2D eigenvalue weighted by molar-refractivity contribution is 5.99. The molecule has 0 spiro atoms. The van der Waals surface area contributed by atoms with Gasteiger partial charge in [-0.3, -0.25) is 19.9 Å². The number of amides is 2. The molecule has 4 nitrogen and oxygen atoms in total. The molecular weight excluding hydrogens is 216 g/mol. The van der Waals surface area contributed by atoms with E-state index in [1.165, 1.54) is 0 Å². The van der Waals surface area contributed by atoms with Gasteiger partial charge in [-0.15, -0.1) is 6.58 Å². The molecular formula is C13H14N2O2. The molecule has 0 radical (unpaired) electrons. The van der Waals surface area contributed by atoms with Crippen molar-refractivity contribution in [3.63, 3.8) is 0 Å². The summed E-state index contributed by atoms with van der Waals surface area (Å²) >= 11 is 0. The van der Waals surface area contributed by atoms with Gasteiger partial charge in [0.1, 0.15) is 0 Å².